The van der Waals surface area contributed by atoms with Gasteiger partial charge in [0, 0.05) is 41.0 Å². The number of hydrazine groups is 1. The minimum absolute atomic E-state index is 0.126. The summed E-state index contributed by atoms with van der Waals surface area (Å²) in [4.78, 5) is 44.7. The van der Waals surface area contributed by atoms with Crippen LogP contribution < -0.4 is 21.5 Å². The molecule has 4 amide bonds. The molecule has 5 N–H and O–H groups in total. The first kappa shape index (κ1) is 27.4. The predicted octanol–water partition coefficient (Wildman–Crippen LogP) is 5.19. The molecular weight excluding hydrogens is 529 g/mol. The number of aryl methyl sites for hydroxylation is 1. The number of nitrogens with one attached hydrogen (secondary N) is 5. The number of hydrogen-bond donors (Lipinski definition) is 5. The number of benzene rings is 2. The molecule has 0 aliphatic carbocycles. The van der Waals surface area contributed by atoms with E-state index >= 15 is 0 Å². The molecule has 11 nitrogen and oxygen atoms in total. The Morgan fingerprint density at radius 3 is 2.61 bits per heavy atom. The number of pyridine rings is 1. The van der Waals surface area contributed by atoms with Crippen molar-refractivity contribution in [1.82, 2.24) is 30.7 Å². The Bertz CT molecular complexity index is 1770. The Balaban J connectivity index is 1.21. The highest BCUT2D eigenvalue weighted by Crippen LogP contribution is 2.27. The number of H-pyrrole nitrogens is 1. The summed E-state index contributed by atoms with van der Waals surface area (Å²) in [6, 6.07) is 12.9. The summed E-state index contributed by atoms with van der Waals surface area (Å²) in [5, 5.41) is 7.63. The van der Waals surface area contributed by atoms with Gasteiger partial charge in [-0.25, -0.2) is 24.4 Å². The number of urea groups is 1. The van der Waals surface area contributed by atoms with E-state index in [4.69, 9.17) is 4.74 Å². The Morgan fingerprint density at radius 1 is 1.00 bits per heavy atom. The molecule has 2 aromatic carbocycles. The molecule has 0 radical (unpaired) electrons. The Kier molecular flexibility index (Phi) is 7.47. The van der Waals surface area contributed by atoms with Crippen molar-refractivity contribution in [2.75, 3.05) is 11.9 Å². The largest absolute Gasteiger partial charge is 0.444 e. The maximum absolute atomic E-state index is 14.1. The van der Waals surface area contributed by atoms with E-state index in [-0.39, 0.29) is 5.69 Å². The van der Waals surface area contributed by atoms with Crippen molar-refractivity contribution in [3.63, 3.8) is 0 Å². The molecule has 41 heavy (non-hydrogen) atoms. The number of fused-ring (bicyclic) bond motifs is 4. The zero-order valence-corrected chi connectivity index (χ0v) is 22.8. The van der Waals surface area contributed by atoms with Crippen LogP contribution in [0.4, 0.5) is 19.7 Å². The van der Waals surface area contributed by atoms with Crippen LogP contribution in [0.2, 0.25) is 0 Å². The number of carbonyl (C=O) groups is 3. The quantitative estimate of drug-likeness (QED) is 0.144. The summed E-state index contributed by atoms with van der Waals surface area (Å²) in [5.41, 5.74) is 6.97. The van der Waals surface area contributed by atoms with Gasteiger partial charge in [0.25, 0.3) is 5.91 Å². The molecule has 5 rings (SSSR count). The van der Waals surface area contributed by atoms with E-state index in [9.17, 15) is 18.8 Å². The van der Waals surface area contributed by atoms with Gasteiger partial charge in [-0.3, -0.25) is 10.2 Å². The fraction of sp³-hybridized carbons (Fsp3) is 0.241. The number of ether oxygens (including phenoxy) is 1. The van der Waals surface area contributed by atoms with Gasteiger partial charge in [-0.05, 0) is 57.5 Å². The minimum Gasteiger partial charge on any atom is -0.444 e. The Labute approximate surface area is 234 Å². The molecule has 3 aromatic heterocycles. The number of carbonyl (C=O) groups excluding carboxylic acids is 3. The number of hydrogen-bond acceptors (Lipinski definition) is 5. The molecule has 5 aromatic rings. The van der Waals surface area contributed by atoms with E-state index in [2.05, 4.69) is 31.5 Å². The van der Waals surface area contributed by atoms with Gasteiger partial charge < -0.3 is 24.9 Å². The SMILES string of the molecule is CC(C)(C)OC(=O)NCCCn1cc(NC(=O)NNC(=O)c2cc3c(cn2)[nH]c2ccccc23)c2cc(F)ccc21. The van der Waals surface area contributed by atoms with Crippen LogP contribution in [0, 0.1) is 5.82 Å². The van der Waals surface area contributed by atoms with E-state index in [1.165, 1.54) is 12.1 Å². The van der Waals surface area contributed by atoms with Crippen molar-refractivity contribution in [2.45, 2.75) is 39.3 Å². The third kappa shape index (κ3) is 6.38. The van der Waals surface area contributed by atoms with E-state index in [1.807, 2.05) is 28.8 Å². The first-order valence-corrected chi connectivity index (χ1v) is 13.1. The number of amides is 4. The van der Waals surface area contributed by atoms with Crippen molar-refractivity contribution >= 4 is 56.4 Å². The van der Waals surface area contributed by atoms with E-state index < -0.39 is 29.4 Å². The van der Waals surface area contributed by atoms with Crippen molar-refractivity contribution in [2.24, 2.45) is 0 Å². The first-order valence-electron chi connectivity index (χ1n) is 13.1. The second-order valence-electron chi connectivity index (χ2n) is 10.5. The van der Waals surface area contributed by atoms with Crippen LogP contribution in [-0.4, -0.2) is 44.7 Å². The van der Waals surface area contributed by atoms with Crippen LogP contribution in [0.25, 0.3) is 32.7 Å². The average molecular weight is 560 g/mol. The summed E-state index contributed by atoms with van der Waals surface area (Å²) in [5.74, 6) is -1.06. The average Bonchev–Trinajstić information content (AvgIpc) is 3.46. The number of aromatic nitrogens is 3. The second-order valence-corrected chi connectivity index (χ2v) is 10.5. The highest BCUT2D eigenvalue weighted by molar-refractivity contribution is 6.09. The van der Waals surface area contributed by atoms with Crippen molar-refractivity contribution in [3.8, 4) is 0 Å². The fourth-order valence-corrected chi connectivity index (χ4v) is 4.51. The maximum atomic E-state index is 14.1. The number of aromatic amines is 1. The Morgan fingerprint density at radius 2 is 1.80 bits per heavy atom. The van der Waals surface area contributed by atoms with Crippen LogP contribution in [0.15, 0.2) is 60.9 Å². The van der Waals surface area contributed by atoms with Crippen LogP contribution in [0.5, 0.6) is 0 Å². The zero-order valence-electron chi connectivity index (χ0n) is 22.8. The van der Waals surface area contributed by atoms with Gasteiger partial charge in [0.2, 0.25) is 0 Å². The highest BCUT2D eigenvalue weighted by Gasteiger charge is 2.17. The lowest BCUT2D eigenvalue weighted by Crippen LogP contribution is -2.44. The van der Waals surface area contributed by atoms with Gasteiger partial charge in [0.1, 0.15) is 17.1 Å². The zero-order chi connectivity index (χ0) is 29.1. The minimum atomic E-state index is -0.721. The molecule has 0 unspecified atom stereocenters. The van der Waals surface area contributed by atoms with Gasteiger partial charge in [0.05, 0.1) is 22.9 Å². The van der Waals surface area contributed by atoms with Crippen molar-refractivity contribution < 1.29 is 23.5 Å². The van der Waals surface area contributed by atoms with Crippen LogP contribution in [0.3, 0.4) is 0 Å². The monoisotopic (exact) mass is 559 g/mol. The summed E-state index contributed by atoms with van der Waals surface area (Å²) in [7, 11) is 0. The molecule has 0 aliphatic rings. The molecule has 0 aliphatic heterocycles. The summed E-state index contributed by atoms with van der Waals surface area (Å²) < 4.78 is 21.1. The molecular formula is C29H30FN7O4. The summed E-state index contributed by atoms with van der Waals surface area (Å²) >= 11 is 0. The van der Waals surface area contributed by atoms with E-state index in [0.717, 1.165) is 21.8 Å². The number of nitrogens with zero attached hydrogens (tertiary/aromatic N) is 2. The smallest absolute Gasteiger partial charge is 0.407 e. The number of alkyl carbamates (subject to hydrolysis) is 1. The van der Waals surface area contributed by atoms with Gasteiger partial charge in [-0.1, -0.05) is 18.2 Å². The topological polar surface area (TPSA) is 142 Å². The molecule has 0 saturated carbocycles. The molecule has 12 heteroatoms. The van der Waals surface area contributed by atoms with Gasteiger partial charge in [0.15, 0.2) is 0 Å². The molecule has 212 valence electrons. The molecule has 3 heterocycles. The fourth-order valence-electron chi connectivity index (χ4n) is 4.51. The van der Waals surface area contributed by atoms with Gasteiger partial charge >= 0.3 is 12.1 Å². The molecule has 0 atom stereocenters. The van der Waals surface area contributed by atoms with Gasteiger partial charge in [-0.2, -0.15) is 0 Å². The second kappa shape index (κ2) is 11.2. The van der Waals surface area contributed by atoms with E-state index in [0.29, 0.717) is 36.1 Å². The summed E-state index contributed by atoms with van der Waals surface area (Å²) in [6.07, 6.45) is 3.30. The van der Waals surface area contributed by atoms with Crippen molar-refractivity contribution in [3.05, 3.63) is 72.4 Å². The third-order valence-electron chi connectivity index (χ3n) is 6.25. The standard InChI is InChI=1S/C29H30FN7O4/c1-29(2,3)41-28(40)31-11-6-12-37-16-24(20-13-17(30)9-10-25(20)37)34-27(39)36-35-26(38)22-14-19-18-7-4-5-8-21(18)33-23(19)15-32-22/h4-5,7-10,13-16,33H,6,11-12H2,1-3H3,(H,31,40)(H,35,38)(H2,34,36,39). The molecule has 0 saturated heterocycles. The lowest BCUT2D eigenvalue weighted by atomic mass is 10.1. The lowest BCUT2D eigenvalue weighted by molar-refractivity contribution is 0.0526. The summed E-state index contributed by atoms with van der Waals surface area (Å²) in [6.45, 7) is 6.21. The predicted molar refractivity (Wildman–Crippen MR) is 154 cm³/mol. The first-order chi connectivity index (χ1) is 19.6. The van der Waals surface area contributed by atoms with Crippen LogP contribution >= 0.6 is 0 Å². The number of rotatable bonds is 6. The number of para-hydroxylation sites is 1. The highest BCUT2D eigenvalue weighted by atomic mass is 19.1. The van der Waals surface area contributed by atoms with E-state index in [1.54, 1.807) is 45.3 Å². The number of halogens is 1. The Hall–Kier alpha value is -5.13. The lowest BCUT2D eigenvalue weighted by Gasteiger charge is -2.19. The maximum Gasteiger partial charge on any atom is 0.407 e. The molecule has 0 fully saturated rings. The van der Waals surface area contributed by atoms with Crippen LogP contribution in [0.1, 0.15) is 37.7 Å². The normalized spacial score (nSPS) is 11.5. The van der Waals surface area contributed by atoms with Crippen molar-refractivity contribution in [1.29, 1.82) is 0 Å². The third-order valence-corrected chi connectivity index (χ3v) is 6.25. The molecule has 0 spiro atoms. The number of anilines is 1. The molecule has 0 bridgehead atoms. The van der Waals surface area contributed by atoms with Crippen LogP contribution in [-0.2, 0) is 11.3 Å². The van der Waals surface area contributed by atoms with Gasteiger partial charge in [-0.15, -0.1) is 0 Å².